The van der Waals surface area contributed by atoms with Crippen molar-refractivity contribution in [3.05, 3.63) is 41.2 Å². The maximum Gasteiger partial charge on any atom is 0.243 e. The van der Waals surface area contributed by atoms with Gasteiger partial charge in [0.05, 0.1) is 30.9 Å². The summed E-state index contributed by atoms with van der Waals surface area (Å²) in [5, 5.41) is 0.394. The van der Waals surface area contributed by atoms with Gasteiger partial charge in [0.25, 0.3) is 0 Å². The van der Waals surface area contributed by atoms with Gasteiger partial charge in [0.15, 0.2) is 0 Å². The van der Waals surface area contributed by atoms with E-state index in [1.54, 1.807) is 19.1 Å². The second-order valence-electron chi connectivity index (χ2n) is 6.05. The summed E-state index contributed by atoms with van der Waals surface area (Å²) in [6.07, 6.45) is 4.09. The summed E-state index contributed by atoms with van der Waals surface area (Å²) in [7, 11) is -2.15. The van der Waals surface area contributed by atoms with Gasteiger partial charge in [0.1, 0.15) is 6.10 Å². The molecule has 1 aromatic carbocycles. The van der Waals surface area contributed by atoms with Gasteiger partial charge >= 0.3 is 0 Å². The number of ether oxygens (including phenoxy) is 2. The first-order chi connectivity index (χ1) is 12.4. The molecule has 1 saturated heterocycles. The highest BCUT2D eigenvalue weighted by atomic mass is 35.5. The molecule has 2 aromatic rings. The predicted molar refractivity (Wildman–Crippen MR) is 97.2 cm³/mol. The molecule has 2 heterocycles. The molecule has 7 nitrogen and oxygen atoms in total. The number of methoxy groups -OCH3 is 1. The van der Waals surface area contributed by atoms with Crippen molar-refractivity contribution < 1.29 is 17.9 Å². The average molecular weight is 398 g/mol. The van der Waals surface area contributed by atoms with Crippen LogP contribution in [0.2, 0.25) is 5.02 Å². The molecule has 1 aliphatic heterocycles. The average Bonchev–Trinajstić information content (AvgIpc) is 2.64. The molecule has 1 aliphatic rings. The third-order valence-electron chi connectivity index (χ3n) is 4.20. The molecule has 1 fully saturated rings. The van der Waals surface area contributed by atoms with E-state index in [4.69, 9.17) is 21.1 Å². The van der Waals surface area contributed by atoms with E-state index >= 15 is 0 Å². The number of aromatic nitrogens is 2. The molecule has 1 aromatic heterocycles. The Balaban J connectivity index is 1.78. The Morgan fingerprint density at radius 2 is 2.04 bits per heavy atom. The van der Waals surface area contributed by atoms with Gasteiger partial charge in [0.2, 0.25) is 21.8 Å². The fraction of sp³-hybridized carbons (Fsp3) is 0.412. The zero-order valence-corrected chi connectivity index (χ0v) is 16.1. The fourth-order valence-corrected chi connectivity index (χ4v) is 4.87. The van der Waals surface area contributed by atoms with Gasteiger partial charge < -0.3 is 9.47 Å². The van der Waals surface area contributed by atoms with E-state index in [0.717, 1.165) is 6.42 Å². The Morgan fingerprint density at radius 1 is 1.27 bits per heavy atom. The maximum atomic E-state index is 13.0. The molecule has 0 radical (unpaired) electrons. The van der Waals surface area contributed by atoms with Gasteiger partial charge in [-0.05, 0) is 37.5 Å². The van der Waals surface area contributed by atoms with Gasteiger partial charge in [-0.1, -0.05) is 17.7 Å². The van der Waals surface area contributed by atoms with Crippen LogP contribution in [0.3, 0.4) is 0 Å². The zero-order valence-electron chi connectivity index (χ0n) is 14.6. The summed E-state index contributed by atoms with van der Waals surface area (Å²) in [5.41, 5.74) is 0.663. The molecule has 0 amide bonds. The summed E-state index contributed by atoms with van der Waals surface area (Å²) in [6.45, 7) is 2.44. The van der Waals surface area contributed by atoms with Gasteiger partial charge in [-0.15, -0.1) is 0 Å². The Bertz CT molecular complexity index is 891. The fourth-order valence-electron chi connectivity index (χ4n) is 2.87. The normalized spacial score (nSPS) is 18.5. The molecule has 0 bridgehead atoms. The topological polar surface area (TPSA) is 81.6 Å². The molecule has 26 heavy (non-hydrogen) atoms. The summed E-state index contributed by atoms with van der Waals surface area (Å²) >= 11 is 5.99. The number of aryl methyl sites for hydroxylation is 1. The van der Waals surface area contributed by atoms with E-state index in [9.17, 15) is 8.42 Å². The lowest BCUT2D eigenvalue weighted by atomic mass is 10.1. The van der Waals surface area contributed by atoms with Crippen molar-refractivity contribution in [2.75, 3.05) is 20.2 Å². The second kappa shape index (κ2) is 7.77. The van der Waals surface area contributed by atoms with Crippen molar-refractivity contribution in [1.82, 2.24) is 14.3 Å². The quantitative estimate of drug-likeness (QED) is 0.771. The standard InChI is InChI=1S/C17H20ClN3O4S/c1-12-5-6-13(18)8-15(12)26(22,23)21-7-3-4-14(11-21)25-17-10-19-9-16(20-17)24-2/h5-6,8-10,14H,3-4,7,11H2,1-2H3. The van der Waals surface area contributed by atoms with E-state index < -0.39 is 10.0 Å². The lowest BCUT2D eigenvalue weighted by Crippen LogP contribution is -2.44. The van der Waals surface area contributed by atoms with E-state index in [-0.39, 0.29) is 17.5 Å². The van der Waals surface area contributed by atoms with Crippen LogP contribution in [0.15, 0.2) is 35.5 Å². The Hall–Kier alpha value is -1.90. The largest absolute Gasteiger partial charge is 0.480 e. The first kappa shape index (κ1) is 18.9. The van der Waals surface area contributed by atoms with Crippen molar-refractivity contribution in [3.8, 4) is 11.8 Å². The molecule has 0 aliphatic carbocycles. The lowest BCUT2D eigenvalue weighted by molar-refractivity contribution is 0.123. The Kier molecular flexibility index (Phi) is 5.64. The van der Waals surface area contributed by atoms with Crippen LogP contribution in [-0.4, -0.2) is 49.0 Å². The number of piperidine rings is 1. The second-order valence-corrected chi connectivity index (χ2v) is 8.40. The van der Waals surface area contributed by atoms with Crippen molar-refractivity contribution in [3.63, 3.8) is 0 Å². The number of sulfonamides is 1. The summed E-state index contributed by atoms with van der Waals surface area (Å²) in [5.74, 6) is 0.657. The predicted octanol–water partition coefficient (Wildman–Crippen LogP) is 2.68. The lowest BCUT2D eigenvalue weighted by Gasteiger charge is -2.32. The maximum absolute atomic E-state index is 13.0. The molecule has 0 saturated carbocycles. The third-order valence-corrected chi connectivity index (χ3v) is 6.44. The molecule has 0 N–H and O–H groups in total. The number of rotatable bonds is 5. The van der Waals surface area contributed by atoms with E-state index in [0.29, 0.717) is 35.3 Å². The van der Waals surface area contributed by atoms with Gasteiger partial charge in [-0.3, -0.25) is 4.98 Å². The molecule has 1 atom stereocenters. The Labute approximate surface area is 158 Å². The molecular weight excluding hydrogens is 378 g/mol. The van der Waals surface area contributed by atoms with E-state index in [2.05, 4.69) is 9.97 Å². The van der Waals surface area contributed by atoms with Crippen LogP contribution in [0.1, 0.15) is 18.4 Å². The van der Waals surface area contributed by atoms with Crippen molar-refractivity contribution in [1.29, 1.82) is 0 Å². The third kappa shape index (κ3) is 4.08. The van der Waals surface area contributed by atoms with Crippen molar-refractivity contribution in [2.45, 2.75) is 30.8 Å². The highest BCUT2D eigenvalue weighted by Gasteiger charge is 2.32. The molecular formula is C17H20ClN3O4S. The number of nitrogens with zero attached hydrogens (tertiary/aromatic N) is 3. The minimum atomic E-state index is -3.65. The van der Waals surface area contributed by atoms with Gasteiger partial charge in [0, 0.05) is 11.6 Å². The van der Waals surface area contributed by atoms with Crippen LogP contribution in [-0.2, 0) is 10.0 Å². The van der Waals surface area contributed by atoms with Crippen molar-refractivity contribution >= 4 is 21.6 Å². The Morgan fingerprint density at radius 3 is 2.81 bits per heavy atom. The summed E-state index contributed by atoms with van der Waals surface area (Å²) in [6, 6.07) is 4.88. The van der Waals surface area contributed by atoms with E-state index in [1.807, 2.05) is 0 Å². The van der Waals surface area contributed by atoms with Gasteiger partial charge in [-0.25, -0.2) is 8.42 Å². The monoisotopic (exact) mass is 397 g/mol. The van der Waals surface area contributed by atoms with Crippen LogP contribution in [0.25, 0.3) is 0 Å². The van der Waals surface area contributed by atoms with Gasteiger partial charge in [-0.2, -0.15) is 9.29 Å². The number of hydrogen-bond acceptors (Lipinski definition) is 6. The van der Waals surface area contributed by atoms with E-state index in [1.165, 1.54) is 29.9 Å². The van der Waals surface area contributed by atoms with Crippen LogP contribution in [0, 0.1) is 6.92 Å². The SMILES string of the molecule is COc1cncc(OC2CCCN(S(=O)(=O)c3cc(Cl)ccc3C)C2)n1. The molecule has 3 rings (SSSR count). The first-order valence-corrected chi connectivity index (χ1v) is 10.0. The molecule has 140 valence electrons. The summed E-state index contributed by atoms with van der Waals surface area (Å²) in [4.78, 5) is 8.39. The van der Waals surface area contributed by atoms with Crippen LogP contribution < -0.4 is 9.47 Å². The minimum Gasteiger partial charge on any atom is -0.480 e. The molecule has 9 heteroatoms. The molecule has 0 spiro atoms. The van der Waals surface area contributed by atoms with Crippen LogP contribution in [0.5, 0.6) is 11.8 Å². The molecule has 1 unspecified atom stereocenters. The van der Waals surface area contributed by atoms with Crippen LogP contribution >= 0.6 is 11.6 Å². The smallest absolute Gasteiger partial charge is 0.243 e. The number of hydrogen-bond donors (Lipinski definition) is 0. The zero-order chi connectivity index (χ0) is 18.7. The highest BCUT2D eigenvalue weighted by molar-refractivity contribution is 7.89. The highest BCUT2D eigenvalue weighted by Crippen LogP contribution is 2.27. The summed E-state index contributed by atoms with van der Waals surface area (Å²) < 4.78 is 38.3. The minimum absolute atomic E-state index is 0.229. The van der Waals surface area contributed by atoms with Crippen molar-refractivity contribution in [2.24, 2.45) is 0 Å². The van der Waals surface area contributed by atoms with Crippen LogP contribution in [0.4, 0.5) is 0 Å². The number of halogens is 1. The number of benzene rings is 1. The first-order valence-electron chi connectivity index (χ1n) is 8.19.